The van der Waals surface area contributed by atoms with Gasteiger partial charge >= 0.3 is 0 Å². The van der Waals surface area contributed by atoms with Gasteiger partial charge in [-0.3, -0.25) is 4.79 Å². The second-order valence-electron chi connectivity index (χ2n) is 8.06. The van der Waals surface area contributed by atoms with Gasteiger partial charge in [-0.25, -0.2) is 4.98 Å². The third-order valence-corrected chi connectivity index (χ3v) is 6.12. The number of carbonyl (C=O) groups is 1. The molecule has 1 saturated heterocycles. The number of fused-ring (bicyclic) bond motifs is 1. The smallest absolute Gasteiger partial charge is 0.223 e. The summed E-state index contributed by atoms with van der Waals surface area (Å²) in [5.41, 5.74) is 3.43. The van der Waals surface area contributed by atoms with Crippen molar-refractivity contribution in [3.63, 3.8) is 0 Å². The molecule has 1 amide bonds. The van der Waals surface area contributed by atoms with Crippen molar-refractivity contribution in [2.24, 2.45) is 23.7 Å². The van der Waals surface area contributed by atoms with Crippen LogP contribution >= 0.6 is 0 Å². The average molecular weight is 323 g/mol. The molecule has 1 unspecified atom stereocenters. The van der Waals surface area contributed by atoms with E-state index in [4.69, 9.17) is 4.98 Å². The number of hydrogen-bond acceptors (Lipinski definition) is 2. The lowest BCUT2D eigenvalue weighted by molar-refractivity contribution is -0.122. The van der Waals surface area contributed by atoms with Crippen molar-refractivity contribution in [2.75, 3.05) is 6.54 Å². The van der Waals surface area contributed by atoms with E-state index in [1.807, 2.05) is 0 Å². The first kappa shape index (κ1) is 14.5. The molecule has 1 aliphatic heterocycles. The molecule has 126 valence electrons. The first-order valence-electron chi connectivity index (χ1n) is 9.51. The van der Waals surface area contributed by atoms with Gasteiger partial charge in [0.1, 0.15) is 5.82 Å². The van der Waals surface area contributed by atoms with E-state index in [0.29, 0.717) is 0 Å². The van der Waals surface area contributed by atoms with Gasteiger partial charge in [-0.05, 0) is 74.0 Å². The lowest BCUT2D eigenvalue weighted by atomic mass is 9.94. The van der Waals surface area contributed by atoms with Crippen LogP contribution < -0.4 is 5.32 Å². The van der Waals surface area contributed by atoms with Crippen molar-refractivity contribution < 1.29 is 4.79 Å². The van der Waals surface area contributed by atoms with Crippen LogP contribution in [0.1, 0.15) is 43.5 Å². The molecule has 1 atom stereocenters. The Morgan fingerprint density at radius 1 is 1.12 bits per heavy atom. The first-order valence-corrected chi connectivity index (χ1v) is 9.51. The number of rotatable bonds is 6. The maximum absolute atomic E-state index is 11.8. The second-order valence-corrected chi connectivity index (χ2v) is 8.06. The van der Waals surface area contributed by atoms with E-state index in [2.05, 4.69) is 28.5 Å². The summed E-state index contributed by atoms with van der Waals surface area (Å²) in [5, 5.41) is 2.93. The topological polar surface area (TPSA) is 57.8 Å². The minimum absolute atomic E-state index is 0.138. The van der Waals surface area contributed by atoms with Crippen molar-refractivity contribution in [1.29, 1.82) is 0 Å². The highest BCUT2D eigenvalue weighted by atomic mass is 16.2. The van der Waals surface area contributed by atoms with E-state index >= 15 is 0 Å². The van der Waals surface area contributed by atoms with Gasteiger partial charge in [0.15, 0.2) is 0 Å². The summed E-state index contributed by atoms with van der Waals surface area (Å²) in [6.07, 6.45) is 8.61. The SMILES string of the molecule is O=C1NCCC1Cc1ccc2nc(CC(C3CC3)C3CC3)[nH]c2c1. The zero-order chi connectivity index (χ0) is 16.1. The van der Waals surface area contributed by atoms with Gasteiger partial charge in [0.25, 0.3) is 0 Å². The summed E-state index contributed by atoms with van der Waals surface area (Å²) in [7, 11) is 0. The molecule has 5 rings (SSSR count). The molecule has 2 heterocycles. The normalized spacial score (nSPS) is 24.0. The lowest BCUT2D eigenvalue weighted by Crippen LogP contribution is -2.20. The zero-order valence-corrected chi connectivity index (χ0v) is 14.1. The van der Waals surface area contributed by atoms with Crippen molar-refractivity contribution in [2.45, 2.75) is 44.9 Å². The van der Waals surface area contributed by atoms with Crippen LogP contribution in [0.2, 0.25) is 0 Å². The van der Waals surface area contributed by atoms with Gasteiger partial charge in [0.05, 0.1) is 11.0 Å². The minimum atomic E-state index is 0.138. The third-order valence-electron chi connectivity index (χ3n) is 6.12. The van der Waals surface area contributed by atoms with Crippen LogP contribution in [0, 0.1) is 23.7 Å². The van der Waals surface area contributed by atoms with E-state index in [9.17, 15) is 4.79 Å². The molecule has 2 aromatic rings. The van der Waals surface area contributed by atoms with Crippen LogP contribution in [0.3, 0.4) is 0 Å². The lowest BCUT2D eigenvalue weighted by Gasteiger charge is -2.12. The first-order chi connectivity index (χ1) is 11.8. The number of H-pyrrole nitrogens is 1. The fraction of sp³-hybridized carbons (Fsp3) is 0.600. The van der Waals surface area contributed by atoms with Crippen LogP contribution in [0.5, 0.6) is 0 Å². The Bertz CT molecular complexity index is 760. The molecule has 4 nitrogen and oxygen atoms in total. The summed E-state index contributed by atoms with van der Waals surface area (Å²) in [6, 6.07) is 6.44. The Kier molecular flexibility index (Phi) is 3.39. The number of carbonyl (C=O) groups excluding carboxylic acids is 1. The number of hydrogen-bond donors (Lipinski definition) is 2. The standard InChI is InChI=1S/C20H25N3O/c24-20-15(7-8-21-20)9-12-1-6-17-18(10-12)23-19(22-17)11-16(13-2-3-13)14-4-5-14/h1,6,10,13-16H,2-5,7-9,11H2,(H,21,24)(H,22,23). The molecule has 0 spiro atoms. The van der Waals surface area contributed by atoms with E-state index in [1.165, 1.54) is 31.2 Å². The molecule has 3 aliphatic rings. The Hall–Kier alpha value is -1.84. The van der Waals surface area contributed by atoms with Crippen LogP contribution in [0.25, 0.3) is 11.0 Å². The molecule has 24 heavy (non-hydrogen) atoms. The Balaban J connectivity index is 1.34. The van der Waals surface area contributed by atoms with Crippen LogP contribution in [-0.4, -0.2) is 22.4 Å². The Morgan fingerprint density at radius 3 is 2.58 bits per heavy atom. The molecule has 1 aromatic heterocycles. The molecule has 2 N–H and O–H groups in total. The fourth-order valence-corrected chi connectivity index (χ4v) is 4.45. The number of aromatic nitrogens is 2. The third kappa shape index (κ3) is 2.83. The average Bonchev–Trinajstić information content (AvgIpc) is 3.49. The van der Waals surface area contributed by atoms with Crippen molar-refractivity contribution in [1.82, 2.24) is 15.3 Å². The predicted molar refractivity (Wildman–Crippen MR) is 93.6 cm³/mol. The summed E-state index contributed by atoms with van der Waals surface area (Å²) >= 11 is 0. The van der Waals surface area contributed by atoms with E-state index in [0.717, 1.165) is 60.4 Å². The Labute approximate surface area is 142 Å². The van der Waals surface area contributed by atoms with Gasteiger partial charge in [-0.15, -0.1) is 0 Å². The van der Waals surface area contributed by atoms with Crippen molar-refractivity contribution >= 4 is 16.9 Å². The highest BCUT2D eigenvalue weighted by Gasteiger charge is 2.41. The summed E-state index contributed by atoms with van der Waals surface area (Å²) < 4.78 is 0. The van der Waals surface area contributed by atoms with Crippen molar-refractivity contribution in [3.05, 3.63) is 29.6 Å². The molecular weight excluding hydrogens is 298 g/mol. The predicted octanol–water partition coefficient (Wildman–Crippen LogP) is 3.22. The minimum Gasteiger partial charge on any atom is -0.356 e. The summed E-state index contributed by atoms with van der Waals surface area (Å²) in [4.78, 5) is 20.2. The second kappa shape index (κ2) is 5.61. The maximum atomic E-state index is 11.8. The molecular formula is C20H25N3O. The summed E-state index contributed by atoms with van der Waals surface area (Å²) in [6.45, 7) is 0.823. The molecule has 1 aromatic carbocycles. The number of nitrogens with one attached hydrogen (secondary N) is 2. The largest absolute Gasteiger partial charge is 0.356 e. The molecule has 2 aliphatic carbocycles. The molecule has 0 bridgehead atoms. The van der Waals surface area contributed by atoms with E-state index < -0.39 is 0 Å². The molecule has 0 radical (unpaired) electrons. The number of aromatic amines is 1. The van der Waals surface area contributed by atoms with Crippen LogP contribution in [0.4, 0.5) is 0 Å². The van der Waals surface area contributed by atoms with E-state index in [1.54, 1.807) is 0 Å². The fourth-order valence-electron chi connectivity index (χ4n) is 4.45. The number of amides is 1. The van der Waals surface area contributed by atoms with Gasteiger partial charge in [0, 0.05) is 18.9 Å². The molecule has 3 fully saturated rings. The number of nitrogens with zero attached hydrogens (tertiary/aromatic N) is 1. The maximum Gasteiger partial charge on any atom is 0.223 e. The highest BCUT2D eigenvalue weighted by Crippen LogP contribution is 2.50. The van der Waals surface area contributed by atoms with Crippen LogP contribution in [-0.2, 0) is 17.6 Å². The van der Waals surface area contributed by atoms with Crippen molar-refractivity contribution in [3.8, 4) is 0 Å². The Morgan fingerprint density at radius 2 is 1.92 bits per heavy atom. The number of benzene rings is 1. The zero-order valence-electron chi connectivity index (χ0n) is 14.1. The van der Waals surface area contributed by atoms with E-state index in [-0.39, 0.29) is 11.8 Å². The molecule has 2 saturated carbocycles. The monoisotopic (exact) mass is 323 g/mol. The van der Waals surface area contributed by atoms with Gasteiger partial charge < -0.3 is 10.3 Å². The number of imidazole rings is 1. The van der Waals surface area contributed by atoms with Gasteiger partial charge in [0.2, 0.25) is 5.91 Å². The van der Waals surface area contributed by atoms with Gasteiger partial charge in [-0.2, -0.15) is 0 Å². The van der Waals surface area contributed by atoms with Crippen LogP contribution in [0.15, 0.2) is 18.2 Å². The van der Waals surface area contributed by atoms with Gasteiger partial charge in [-0.1, -0.05) is 6.07 Å². The quantitative estimate of drug-likeness (QED) is 0.857. The highest BCUT2D eigenvalue weighted by molar-refractivity contribution is 5.81. The summed E-state index contributed by atoms with van der Waals surface area (Å²) in [5.74, 6) is 4.28. The molecule has 4 heteroatoms.